The van der Waals surface area contributed by atoms with E-state index in [0.717, 1.165) is 4.57 Å². The number of alkyl halides is 3. The molecule has 29 heavy (non-hydrogen) atoms. The van der Waals surface area contributed by atoms with Crippen molar-refractivity contribution in [2.45, 2.75) is 26.0 Å². The first kappa shape index (κ1) is 19.2. The Morgan fingerprint density at radius 3 is 2.72 bits per heavy atom. The predicted molar refractivity (Wildman–Crippen MR) is 94.1 cm³/mol. The summed E-state index contributed by atoms with van der Waals surface area (Å²) in [4.78, 5) is 14.0. The summed E-state index contributed by atoms with van der Waals surface area (Å²) >= 11 is 6.02. The second-order valence-corrected chi connectivity index (χ2v) is 6.67. The molecule has 2 aromatic heterocycles. The van der Waals surface area contributed by atoms with Gasteiger partial charge in [-0.1, -0.05) is 23.7 Å². The number of hydrogen-bond acceptors (Lipinski definition) is 5. The molecule has 4 rings (SSSR count). The van der Waals surface area contributed by atoms with Crippen LogP contribution >= 0.6 is 11.6 Å². The second kappa shape index (κ2) is 7.39. The third-order valence-corrected chi connectivity index (χ3v) is 4.65. The number of rotatable bonds is 4. The molecule has 0 unspecified atom stereocenters. The van der Waals surface area contributed by atoms with Gasteiger partial charge in [0.05, 0.1) is 11.6 Å². The molecular weight excluding hydrogens is 413 g/mol. The van der Waals surface area contributed by atoms with Crippen LogP contribution in [0.2, 0.25) is 5.02 Å². The highest BCUT2D eigenvalue weighted by molar-refractivity contribution is 6.32. The lowest BCUT2D eigenvalue weighted by molar-refractivity contribution is -0.147. The van der Waals surface area contributed by atoms with E-state index in [4.69, 9.17) is 16.3 Å². The maximum absolute atomic E-state index is 12.9. The number of benzene rings is 1. The van der Waals surface area contributed by atoms with Crippen molar-refractivity contribution in [2.75, 3.05) is 6.54 Å². The van der Waals surface area contributed by atoms with Crippen LogP contribution in [0.3, 0.4) is 0 Å². The number of nitrogens with zero attached hydrogens (tertiary/aromatic N) is 6. The van der Waals surface area contributed by atoms with Crippen LogP contribution in [0.15, 0.2) is 36.5 Å². The standard InChI is InChI=1S/C17H14ClF3N6O2/c18-11-3-1-2-4-13(11)29-10-26-6-5-12(24-26)15(28)25-7-8-27-14(9-25)22-23-16(27)17(19,20)21/h1-6H,7-10H2. The lowest BCUT2D eigenvalue weighted by Crippen LogP contribution is -2.39. The Kier molecular flexibility index (Phi) is 4.91. The number of hydrogen-bond donors (Lipinski definition) is 0. The Balaban J connectivity index is 1.42. The molecule has 0 atom stereocenters. The summed E-state index contributed by atoms with van der Waals surface area (Å²) in [6.07, 6.45) is -3.02. The molecule has 0 saturated heterocycles. The first-order chi connectivity index (χ1) is 13.8. The molecule has 1 aliphatic rings. The van der Waals surface area contributed by atoms with Gasteiger partial charge in [0.1, 0.15) is 5.75 Å². The number of carbonyl (C=O) groups excluding carboxylic acids is 1. The van der Waals surface area contributed by atoms with E-state index in [-0.39, 0.29) is 37.9 Å². The van der Waals surface area contributed by atoms with E-state index in [0.29, 0.717) is 10.8 Å². The van der Waals surface area contributed by atoms with E-state index >= 15 is 0 Å². The first-order valence-corrected chi connectivity index (χ1v) is 8.90. The van der Waals surface area contributed by atoms with Crippen molar-refractivity contribution < 1.29 is 22.7 Å². The minimum Gasteiger partial charge on any atom is -0.470 e. The number of fused-ring (bicyclic) bond motifs is 1. The second-order valence-electron chi connectivity index (χ2n) is 6.26. The third kappa shape index (κ3) is 3.90. The summed E-state index contributed by atoms with van der Waals surface area (Å²) in [7, 11) is 0. The van der Waals surface area contributed by atoms with E-state index in [2.05, 4.69) is 15.3 Å². The largest absolute Gasteiger partial charge is 0.470 e. The Morgan fingerprint density at radius 2 is 1.97 bits per heavy atom. The van der Waals surface area contributed by atoms with Gasteiger partial charge in [-0.15, -0.1) is 10.2 Å². The quantitative estimate of drug-likeness (QED) is 0.641. The molecule has 0 spiro atoms. The minimum absolute atomic E-state index is 0.0419. The molecule has 0 radical (unpaired) electrons. The van der Waals surface area contributed by atoms with Gasteiger partial charge in [0.25, 0.3) is 5.91 Å². The molecule has 8 nitrogen and oxygen atoms in total. The zero-order valence-corrected chi connectivity index (χ0v) is 15.6. The zero-order valence-electron chi connectivity index (χ0n) is 14.8. The number of aromatic nitrogens is 5. The maximum atomic E-state index is 12.9. The summed E-state index contributed by atoms with van der Waals surface area (Å²) in [6.45, 7) is 0.0142. The van der Waals surface area contributed by atoms with E-state index in [1.165, 1.54) is 15.6 Å². The van der Waals surface area contributed by atoms with Gasteiger partial charge in [-0.25, -0.2) is 4.68 Å². The molecule has 0 fully saturated rings. The van der Waals surface area contributed by atoms with Crippen molar-refractivity contribution in [1.29, 1.82) is 0 Å². The molecule has 152 valence electrons. The highest BCUT2D eigenvalue weighted by atomic mass is 35.5. The highest BCUT2D eigenvalue weighted by Gasteiger charge is 2.40. The monoisotopic (exact) mass is 426 g/mol. The summed E-state index contributed by atoms with van der Waals surface area (Å²) in [5.74, 6) is -0.906. The number of ether oxygens (including phenoxy) is 1. The lowest BCUT2D eigenvalue weighted by atomic mass is 10.3. The van der Waals surface area contributed by atoms with E-state index in [1.54, 1.807) is 30.5 Å². The molecule has 1 aliphatic heterocycles. The van der Waals surface area contributed by atoms with Crippen molar-refractivity contribution in [3.63, 3.8) is 0 Å². The Bertz CT molecular complexity index is 1050. The highest BCUT2D eigenvalue weighted by Crippen LogP contribution is 2.29. The van der Waals surface area contributed by atoms with Crippen LogP contribution in [0, 0.1) is 0 Å². The molecule has 0 N–H and O–H groups in total. The fourth-order valence-corrected chi connectivity index (χ4v) is 3.14. The number of para-hydroxylation sites is 1. The van der Waals surface area contributed by atoms with Gasteiger partial charge in [0, 0.05) is 19.3 Å². The first-order valence-electron chi connectivity index (χ1n) is 8.52. The van der Waals surface area contributed by atoms with E-state index in [9.17, 15) is 18.0 Å². The molecule has 3 heterocycles. The summed E-state index contributed by atoms with van der Waals surface area (Å²) in [6, 6.07) is 8.46. The van der Waals surface area contributed by atoms with E-state index < -0.39 is 17.9 Å². The summed E-state index contributed by atoms with van der Waals surface area (Å²) in [5, 5.41) is 11.4. The Labute approximate surface area is 167 Å². The minimum atomic E-state index is -4.59. The van der Waals surface area contributed by atoms with Crippen LogP contribution in [-0.4, -0.2) is 41.9 Å². The molecular formula is C17H14ClF3N6O2. The fraction of sp³-hybridized carbons (Fsp3) is 0.294. The molecule has 1 amide bonds. The van der Waals surface area contributed by atoms with Gasteiger partial charge >= 0.3 is 6.18 Å². The molecule has 3 aromatic rings. The van der Waals surface area contributed by atoms with Gasteiger partial charge in [-0.3, -0.25) is 4.79 Å². The normalized spacial score (nSPS) is 14.0. The molecule has 0 saturated carbocycles. The van der Waals surface area contributed by atoms with Crippen molar-refractivity contribution in [3.8, 4) is 5.75 Å². The third-order valence-electron chi connectivity index (χ3n) is 4.34. The Morgan fingerprint density at radius 1 is 1.17 bits per heavy atom. The van der Waals surface area contributed by atoms with Gasteiger partial charge in [-0.05, 0) is 18.2 Å². The topological polar surface area (TPSA) is 78.1 Å². The van der Waals surface area contributed by atoms with E-state index in [1.807, 2.05) is 0 Å². The average molecular weight is 427 g/mol. The molecule has 12 heteroatoms. The molecule has 0 bridgehead atoms. The van der Waals surface area contributed by atoms with Gasteiger partial charge in [0.15, 0.2) is 18.2 Å². The smallest absolute Gasteiger partial charge is 0.451 e. The van der Waals surface area contributed by atoms with Crippen molar-refractivity contribution in [2.24, 2.45) is 0 Å². The number of amides is 1. The van der Waals surface area contributed by atoms with Crippen molar-refractivity contribution in [1.82, 2.24) is 29.4 Å². The average Bonchev–Trinajstić information content (AvgIpc) is 3.33. The van der Waals surface area contributed by atoms with Crippen LogP contribution < -0.4 is 4.74 Å². The van der Waals surface area contributed by atoms with Crippen molar-refractivity contribution in [3.05, 3.63) is 58.9 Å². The SMILES string of the molecule is O=C(c1ccn(COc2ccccc2Cl)n1)N1CCn2c(nnc2C(F)(F)F)C1. The van der Waals surface area contributed by atoms with Crippen LogP contribution in [0.1, 0.15) is 22.1 Å². The van der Waals surface area contributed by atoms with Crippen LogP contribution in [0.4, 0.5) is 13.2 Å². The fourth-order valence-electron chi connectivity index (χ4n) is 2.95. The van der Waals surface area contributed by atoms with Crippen LogP contribution in [0.25, 0.3) is 0 Å². The lowest BCUT2D eigenvalue weighted by Gasteiger charge is -2.27. The van der Waals surface area contributed by atoms with Crippen molar-refractivity contribution >= 4 is 17.5 Å². The zero-order chi connectivity index (χ0) is 20.6. The summed E-state index contributed by atoms with van der Waals surface area (Å²) < 4.78 is 46.7. The maximum Gasteiger partial charge on any atom is 0.451 e. The summed E-state index contributed by atoms with van der Waals surface area (Å²) in [5.41, 5.74) is 0.150. The predicted octanol–water partition coefficient (Wildman–Crippen LogP) is 2.84. The number of halogens is 4. The van der Waals surface area contributed by atoms with Gasteiger partial charge in [-0.2, -0.15) is 18.3 Å². The number of carbonyl (C=O) groups is 1. The Hall–Kier alpha value is -3.08. The van der Waals surface area contributed by atoms with Crippen LogP contribution in [0.5, 0.6) is 5.75 Å². The van der Waals surface area contributed by atoms with Gasteiger partial charge < -0.3 is 14.2 Å². The van der Waals surface area contributed by atoms with Gasteiger partial charge in [0.2, 0.25) is 5.82 Å². The van der Waals surface area contributed by atoms with Crippen LogP contribution in [-0.2, 0) is 26.0 Å². The molecule has 1 aromatic carbocycles. The molecule has 0 aliphatic carbocycles.